The van der Waals surface area contributed by atoms with Crippen LogP contribution in [0.5, 0.6) is 11.5 Å². The van der Waals surface area contributed by atoms with Crippen LogP contribution in [-0.4, -0.2) is 40.6 Å². The number of carbonyl (C=O) groups is 1. The minimum atomic E-state index is -1.30. The van der Waals surface area contributed by atoms with Crippen LogP contribution in [0, 0.1) is 0 Å². The number of benzene rings is 1. The number of thiol groups is 1. The minimum absolute atomic E-state index is 0.0609. The molecule has 0 aliphatic heterocycles. The van der Waals surface area contributed by atoms with Crippen LogP contribution >= 0.6 is 12.6 Å². The Hall–Kier alpha value is -1.24. The zero-order chi connectivity index (χ0) is 13.7. The lowest BCUT2D eigenvalue weighted by molar-refractivity contribution is 0.0157. The Morgan fingerprint density at radius 1 is 1.44 bits per heavy atom. The molecule has 5 nitrogen and oxygen atoms in total. The molecule has 0 saturated heterocycles. The van der Waals surface area contributed by atoms with Gasteiger partial charge in [0.15, 0.2) is 11.5 Å². The molecule has 0 fully saturated rings. The summed E-state index contributed by atoms with van der Waals surface area (Å²) in [5, 5.41) is 29.5. The molecule has 18 heavy (non-hydrogen) atoms. The summed E-state index contributed by atoms with van der Waals surface area (Å²) in [5.74, 6) is 0.185. The maximum Gasteiger partial charge on any atom is 0.163 e. The normalized spacial score (nSPS) is 14.0. The molecule has 1 aromatic carbocycles. The van der Waals surface area contributed by atoms with Crippen molar-refractivity contribution in [1.29, 1.82) is 0 Å². The predicted molar refractivity (Wildman–Crippen MR) is 69.5 cm³/mol. The molecule has 0 spiro atoms. The summed E-state index contributed by atoms with van der Waals surface area (Å²) < 4.78 is 4.90. The highest BCUT2D eigenvalue weighted by Gasteiger charge is 2.23. The minimum Gasteiger partial charge on any atom is -0.504 e. The Balaban J connectivity index is 3.17. The van der Waals surface area contributed by atoms with Gasteiger partial charge in [-0.25, -0.2) is 0 Å². The Labute approximate surface area is 110 Å². The van der Waals surface area contributed by atoms with E-state index in [1.807, 2.05) is 0 Å². The molecule has 100 valence electrons. The Morgan fingerprint density at radius 3 is 2.61 bits per heavy atom. The molecule has 6 heteroatoms. The summed E-state index contributed by atoms with van der Waals surface area (Å²) in [5.41, 5.74) is 0.308. The smallest absolute Gasteiger partial charge is 0.163 e. The molecule has 0 aromatic heterocycles. The van der Waals surface area contributed by atoms with E-state index >= 15 is 0 Å². The van der Waals surface area contributed by atoms with Gasteiger partial charge >= 0.3 is 0 Å². The van der Waals surface area contributed by atoms with Crippen LogP contribution in [0.4, 0.5) is 0 Å². The van der Waals surface area contributed by atoms with Gasteiger partial charge in [-0.1, -0.05) is 0 Å². The summed E-state index contributed by atoms with van der Waals surface area (Å²) >= 11 is 3.96. The van der Waals surface area contributed by atoms with Crippen LogP contribution in [0.2, 0.25) is 0 Å². The van der Waals surface area contributed by atoms with Gasteiger partial charge in [0.1, 0.15) is 12.4 Å². The number of aromatic hydroxyl groups is 1. The molecular weight excluding hydrogens is 256 g/mol. The lowest BCUT2D eigenvalue weighted by atomic mass is 9.99. The Morgan fingerprint density at radius 2 is 2.11 bits per heavy atom. The van der Waals surface area contributed by atoms with E-state index in [0.29, 0.717) is 12.0 Å². The zero-order valence-corrected chi connectivity index (χ0v) is 10.8. The van der Waals surface area contributed by atoms with Gasteiger partial charge in [-0.15, -0.1) is 0 Å². The third-order valence-electron chi connectivity index (χ3n) is 2.59. The molecule has 3 N–H and O–H groups in total. The second kappa shape index (κ2) is 6.63. The van der Waals surface area contributed by atoms with Gasteiger partial charge < -0.3 is 20.1 Å². The molecular formula is C12H16O5S. The number of hydrogen-bond donors (Lipinski definition) is 4. The summed E-state index contributed by atoms with van der Waals surface area (Å²) in [6, 6.07) is 2.67. The molecule has 0 bridgehead atoms. The molecule has 1 rings (SSSR count). The first kappa shape index (κ1) is 14.8. The van der Waals surface area contributed by atoms with E-state index in [0.717, 1.165) is 0 Å². The molecule has 0 radical (unpaired) electrons. The third-order valence-corrected chi connectivity index (χ3v) is 2.85. The van der Waals surface area contributed by atoms with Crippen molar-refractivity contribution < 1.29 is 24.9 Å². The monoisotopic (exact) mass is 272 g/mol. The molecule has 0 saturated carbocycles. The number of phenols is 1. The van der Waals surface area contributed by atoms with E-state index in [1.165, 1.54) is 19.2 Å². The van der Waals surface area contributed by atoms with Gasteiger partial charge in [0.05, 0.1) is 13.2 Å². The van der Waals surface area contributed by atoms with E-state index < -0.39 is 12.2 Å². The van der Waals surface area contributed by atoms with Crippen LogP contribution in [0.1, 0.15) is 28.4 Å². The topological polar surface area (TPSA) is 87.0 Å². The second-order valence-corrected chi connectivity index (χ2v) is 4.25. The number of aliphatic hydroxyl groups excluding tert-OH is 2. The molecule has 2 atom stereocenters. The number of hydrogen-bond acceptors (Lipinski definition) is 6. The van der Waals surface area contributed by atoms with Gasteiger partial charge in [-0.05, 0) is 24.3 Å². The van der Waals surface area contributed by atoms with Crippen LogP contribution in [-0.2, 0) is 0 Å². The van der Waals surface area contributed by atoms with Crippen molar-refractivity contribution in [2.45, 2.75) is 18.6 Å². The van der Waals surface area contributed by atoms with E-state index in [-0.39, 0.29) is 29.0 Å². The van der Waals surface area contributed by atoms with Crippen LogP contribution in [0.25, 0.3) is 0 Å². The van der Waals surface area contributed by atoms with Gasteiger partial charge in [-0.2, -0.15) is 12.6 Å². The Bertz CT molecular complexity index is 421. The first-order valence-corrected chi connectivity index (χ1v) is 6.01. The van der Waals surface area contributed by atoms with Crippen LogP contribution in [0.3, 0.4) is 0 Å². The van der Waals surface area contributed by atoms with Crippen molar-refractivity contribution in [3.05, 3.63) is 23.3 Å². The van der Waals surface area contributed by atoms with E-state index in [2.05, 4.69) is 12.6 Å². The molecule has 0 aliphatic carbocycles. The first-order valence-electron chi connectivity index (χ1n) is 5.38. The molecule has 2 unspecified atom stereocenters. The quantitative estimate of drug-likeness (QED) is 0.457. The molecule has 0 aliphatic rings. The third kappa shape index (κ3) is 3.16. The average Bonchev–Trinajstić information content (AvgIpc) is 2.38. The van der Waals surface area contributed by atoms with Crippen molar-refractivity contribution in [3.8, 4) is 11.5 Å². The average molecular weight is 272 g/mol. The SMILES string of the molecule is COc1cc(C=O)cc(C(O)C(O)CCS)c1O. The standard InChI is InChI=1S/C12H16O5S/c1-17-10-5-7(6-13)4-8(12(10)16)11(15)9(14)2-3-18/h4-6,9,11,14-16,18H,2-3H2,1H3. The number of aldehydes is 1. The van der Waals surface area contributed by atoms with Gasteiger partial charge in [0, 0.05) is 11.1 Å². The summed E-state index contributed by atoms with van der Waals surface area (Å²) in [7, 11) is 1.34. The highest BCUT2D eigenvalue weighted by Crippen LogP contribution is 2.36. The van der Waals surface area contributed by atoms with Gasteiger partial charge in [0.2, 0.25) is 0 Å². The lowest BCUT2D eigenvalue weighted by Crippen LogP contribution is -2.19. The summed E-state index contributed by atoms with van der Waals surface area (Å²) in [6.07, 6.45) is -1.54. The lowest BCUT2D eigenvalue weighted by Gasteiger charge is -2.19. The van der Waals surface area contributed by atoms with Gasteiger partial charge in [-0.3, -0.25) is 4.79 Å². The van der Waals surface area contributed by atoms with E-state index in [1.54, 1.807) is 0 Å². The van der Waals surface area contributed by atoms with Crippen molar-refractivity contribution in [1.82, 2.24) is 0 Å². The number of phenolic OH excluding ortho intramolecular Hbond substituents is 1. The largest absolute Gasteiger partial charge is 0.504 e. The second-order valence-electron chi connectivity index (χ2n) is 3.80. The summed E-state index contributed by atoms with van der Waals surface area (Å²) in [6.45, 7) is 0. The first-order chi connectivity index (χ1) is 8.54. The summed E-state index contributed by atoms with van der Waals surface area (Å²) in [4.78, 5) is 10.8. The van der Waals surface area contributed by atoms with E-state index in [4.69, 9.17) is 4.74 Å². The highest BCUT2D eigenvalue weighted by atomic mass is 32.1. The van der Waals surface area contributed by atoms with Crippen molar-refractivity contribution in [3.63, 3.8) is 0 Å². The maximum absolute atomic E-state index is 10.8. The number of ether oxygens (including phenoxy) is 1. The van der Waals surface area contributed by atoms with Crippen molar-refractivity contribution in [2.24, 2.45) is 0 Å². The zero-order valence-electron chi connectivity index (χ0n) is 9.91. The molecule has 0 amide bonds. The maximum atomic E-state index is 10.8. The Kier molecular flexibility index (Phi) is 5.46. The van der Waals surface area contributed by atoms with Crippen molar-refractivity contribution >= 4 is 18.9 Å². The number of aliphatic hydroxyl groups is 2. The van der Waals surface area contributed by atoms with Crippen molar-refractivity contribution in [2.75, 3.05) is 12.9 Å². The van der Waals surface area contributed by atoms with Crippen LogP contribution < -0.4 is 4.74 Å². The fourth-order valence-corrected chi connectivity index (χ4v) is 1.86. The fraction of sp³-hybridized carbons (Fsp3) is 0.417. The predicted octanol–water partition coefficient (Wildman–Crippen LogP) is 0.927. The van der Waals surface area contributed by atoms with Gasteiger partial charge in [0.25, 0.3) is 0 Å². The number of rotatable bonds is 6. The molecule has 1 aromatic rings. The number of carbonyl (C=O) groups excluding carboxylic acids is 1. The highest BCUT2D eigenvalue weighted by molar-refractivity contribution is 7.80. The van der Waals surface area contributed by atoms with E-state index in [9.17, 15) is 20.1 Å². The molecule has 0 heterocycles. The number of methoxy groups -OCH3 is 1. The fourth-order valence-electron chi connectivity index (χ4n) is 1.60. The van der Waals surface area contributed by atoms with Crippen LogP contribution in [0.15, 0.2) is 12.1 Å².